The minimum absolute atomic E-state index is 0.0105. The number of amides is 2. The molecule has 2 N–H and O–H groups in total. The van der Waals surface area contributed by atoms with Crippen LogP contribution in [0.1, 0.15) is 52.7 Å². The van der Waals surface area contributed by atoms with Gasteiger partial charge in [0, 0.05) is 50.7 Å². The minimum atomic E-state index is -3.61. The molecule has 0 spiro atoms. The molecule has 250 valence electrons. The first-order chi connectivity index (χ1) is 22.2. The van der Waals surface area contributed by atoms with Gasteiger partial charge in [-0.05, 0) is 59.0 Å². The topological polar surface area (TPSA) is 122 Å². The zero-order valence-corrected chi connectivity index (χ0v) is 28.8. The van der Waals surface area contributed by atoms with Crippen molar-refractivity contribution in [2.75, 3.05) is 56.7 Å². The maximum Gasteiger partial charge on any atom is 0.272 e. The van der Waals surface area contributed by atoms with Gasteiger partial charge in [0.2, 0.25) is 10.0 Å². The number of benzene rings is 3. The second-order valence-corrected chi connectivity index (χ2v) is 14.7. The number of ether oxygens (including phenoxy) is 2. The van der Waals surface area contributed by atoms with Crippen LogP contribution in [-0.2, 0) is 29.0 Å². The van der Waals surface area contributed by atoms with Gasteiger partial charge in [-0.15, -0.1) is 0 Å². The number of fused-ring (bicyclic) bond motifs is 1. The van der Waals surface area contributed by atoms with Crippen LogP contribution in [-0.4, -0.2) is 81.3 Å². The molecule has 4 aromatic rings. The third-order valence-electron chi connectivity index (χ3n) is 8.47. The maximum absolute atomic E-state index is 13.8. The molecular weight excluding hydrogens is 618 g/mol. The van der Waals surface area contributed by atoms with Crippen LogP contribution in [0.4, 0.5) is 11.4 Å². The summed E-state index contributed by atoms with van der Waals surface area (Å²) < 4.78 is 39.5. The Balaban J connectivity index is 1.35. The fraction of sp³-hybridized carbons (Fsp3) is 0.371. The van der Waals surface area contributed by atoms with Gasteiger partial charge in [0.1, 0.15) is 11.4 Å². The summed E-state index contributed by atoms with van der Waals surface area (Å²) in [4.78, 5) is 31.1. The smallest absolute Gasteiger partial charge is 0.272 e. The molecule has 0 saturated carbocycles. The average molecular weight is 662 g/mol. The summed E-state index contributed by atoms with van der Waals surface area (Å²) in [5, 5.41) is 3.91. The van der Waals surface area contributed by atoms with Gasteiger partial charge < -0.3 is 24.3 Å². The molecule has 0 bridgehead atoms. The number of carbonyl (C=O) groups excluding carboxylic acids is 2. The van der Waals surface area contributed by atoms with E-state index in [0.717, 1.165) is 41.4 Å². The van der Waals surface area contributed by atoms with Gasteiger partial charge in [0.15, 0.2) is 5.75 Å². The zero-order chi connectivity index (χ0) is 34.1. The zero-order valence-electron chi connectivity index (χ0n) is 28.0. The number of aryl methyl sites for hydroxylation is 1. The van der Waals surface area contributed by atoms with E-state index < -0.39 is 10.0 Å². The van der Waals surface area contributed by atoms with Crippen LogP contribution >= 0.6 is 0 Å². The lowest BCUT2D eigenvalue weighted by Gasteiger charge is -2.35. The van der Waals surface area contributed by atoms with Crippen LogP contribution in [0.3, 0.4) is 0 Å². The summed E-state index contributed by atoms with van der Waals surface area (Å²) >= 11 is 0. The molecule has 1 saturated heterocycles. The van der Waals surface area contributed by atoms with Crippen LogP contribution < -0.4 is 19.5 Å². The van der Waals surface area contributed by atoms with Crippen molar-refractivity contribution in [2.45, 2.75) is 32.7 Å². The van der Waals surface area contributed by atoms with Gasteiger partial charge in [-0.1, -0.05) is 39.0 Å². The van der Waals surface area contributed by atoms with Crippen molar-refractivity contribution < 1.29 is 27.5 Å². The Labute approximate surface area is 276 Å². The number of methoxy groups -OCH3 is 2. The average Bonchev–Trinajstić information content (AvgIpc) is 3.37. The first-order valence-electron chi connectivity index (χ1n) is 15.4. The van der Waals surface area contributed by atoms with Crippen LogP contribution in [0.2, 0.25) is 0 Å². The summed E-state index contributed by atoms with van der Waals surface area (Å²) in [7, 11) is 1.30. The number of aromatic nitrogens is 1. The number of carbonyl (C=O) groups is 2. The van der Waals surface area contributed by atoms with E-state index in [2.05, 4.69) is 21.0 Å². The van der Waals surface area contributed by atoms with Gasteiger partial charge in [-0.2, -0.15) is 0 Å². The SMILES string of the molecule is COc1ccc(C(=O)N2CCN(Cc3cccc4cc(C(=O)Nc5cc(C(C)(C)C)cc(NS(C)(=O)=O)c5OC)n(C)c34)CC2)cc1. The van der Waals surface area contributed by atoms with Crippen molar-refractivity contribution in [1.29, 1.82) is 0 Å². The first kappa shape index (κ1) is 33.8. The Morgan fingerprint density at radius 1 is 0.894 bits per heavy atom. The predicted molar refractivity (Wildman–Crippen MR) is 185 cm³/mol. The van der Waals surface area contributed by atoms with Crippen molar-refractivity contribution in [2.24, 2.45) is 7.05 Å². The van der Waals surface area contributed by atoms with Crippen LogP contribution in [0, 0.1) is 0 Å². The Morgan fingerprint density at radius 3 is 2.15 bits per heavy atom. The van der Waals surface area contributed by atoms with Gasteiger partial charge in [-0.25, -0.2) is 8.42 Å². The lowest BCUT2D eigenvalue weighted by atomic mass is 9.86. The van der Waals surface area contributed by atoms with Crippen LogP contribution in [0.15, 0.2) is 60.7 Å². The van der Waals surface area contributed by atoms with E-state index in [1.165, 1.54) is 7.11 Å². The molecule has 5 rings (SSSR count). The maximum atomic E-state index is 13.8. The Bertz CT molecular complexity index is 1900. The standard InChI is InChI=1S/C35H43N5O6S/c1-35(2,3)26-20-28(32(46-6)29(21-26)37-47(7,43)44)36-33(41)30-19-24-9-8-10-25(31(24)38(30)4)22-39-15-17-40(18-16-39)34(42)23-11-13-27(45-5)14-12-23/h8-14,19-21,37H,15-18,22H2,1-7H3,(H,36,41). The van der Waals surface area contributed by atoms with Crippen molar-refractivity contribution in [1.82, 2.24) is 14.4 Å². The first-order valence-corrected chi connectivity index (χ1v) is 17.3. The molecule has 3 aromatic carbocycles. The largest absolute Gasteiger partial charge is 0.497 e. The van der Waals surface area contributed by atoms with E-state index in [4.69, 9.17) is 9.47 Å². The molecule has 0 radical (unpaired) electrons. The van der Waals surface area contributed by atoms with E-state index in [1.807, 2.05) is 61.6 Å². The lowest BCUT2D eigenvalue weighted by Crippen LogP contribution is -2.48. The Kier molecular flexibility index (Phi) is 9.55. The number of piperazine rings is 1. The van der Waals surface area contributed by atoms with E-state index in [-0.39, 0.29) is 28.7 Å². The summed E-state index contributed by atoms with van der Waals surface area (Å²) in [6, 6.07) is 18.6. The quantitative estimate of drug-likeness (QED) is 0.257. The molecule has 1 aromatic heterocycles. The third-order valence-corrected chi connectivity index (χ3v) is 9.06. The number of hydrogen-bond acceptors (Lipinski definition) is 7. The normalized spacial score (nSPS) is 14.2. The second-order valence-electron chi connectivity index (χ2n) is 12.9. The number of anilines is 2. The fourth-order valence-corrected chi connectivity index (χ4v) is 6.50. The van der Waals surface area contributed by atoms with Gasteiger partial charge in [-0.3, -0.25) is 19.2 Å². The molecule has 12 heteroatoms. The number of hydrogen-bond donors (Lipinski definition) is 2. The van der Waals surface area contributed by atoms with Gasteiger partial charge in [0.25, 0.3) is 11.8 Å². The minimum Gasteiger partial charge on any atom is -0.497 e. The highest BCUT2D eigenvalue weighted by Crippen LogP contribution is 2.39. The third kappa shape index (κ3) is 7.55. The molecule has 0 aliphatic carbocycles. The van der Waals surface area contributed by atoms with Gasteiger partial charge >= 0.3 is 0 Å². The van der Waals surface area contributed by atoms with Gasteiger partial charge in [0.05, 0.1) is 37.4 Å². The fourth-order valence-electron chi connectivity index (χ4n) is 5.95. The summed E-state index contributed by atoms with van der Waals surface area (Å²) in [6.45, 7) is 9.38. The molecule has 2 heterocycles. The van der Waals surface area contributed by atoms with Crippen LogP contribution in [0.25, 0.3) is 10.9 Å². The number of sulfonamides is 1. The molecule has 0 atom stereocenters. The summed E-state index contributed by atoms with van der Waals surface area (Å²) in [6.07, 6.45) is 1.07. The second kappa shape index (κ2) is 13.3. The van der Waals surface area contributed by atoms with Crippen LogP contribution in [0.5, 0.6) is 11.5 Å². The van der Waals surface area contributed by atoms with E-state index in [1.54, 1.807) is 37.4 Å². The monoisotopic (exact) mass is 661 g/mol. The molecule has 11 nitrogen and oxygen atoms in total. The highest BCUT2D eigenvalue weighted by atomic mass is 32.2. The molecular formula is C35H43N5O6S. The van der Waals surface area contributed by atoms with E-state index in [9.17, 15) is 18.0 Å². The summed E-state index contributed by atoms with van der Waals surface area (Å²) in [5.41, 5.74) is 4.22. The van der Waals surface area contributed by atoms with E-state index in [0.29, 0.717) is 42.3 Å². The lowest BCUT2D eigenvalue weighted by molar-refractivity contribution is 0.0628. The predicted octanol–water partition coefficient (Wildman–Crippen LogP) is 5.07. The highest BCUT2D eigenvalue weighted by Gasteiger charge is 2.26. The number of rotatable bonds is 9. The Hall–Kier alpha value is -4.55. The molecule has 1 fully saturated rings. The number of nitrogens with zero attached hydrogens (tertiary/aromatic N) is 3. The van der Waals surface area contributed by atoms with Crippen molar-refractivity contribution >= 4 is 44.1 Å². The highest BCUT2D eigenvalue weighted by molar-refractivity contribution is 7.92. The Morgan fingerprint density at radius 2 is 1.55 bits per heavy atom. The molecule has 0 unspecified atom stereocenters. The molecule has 1 aliphatic rings. The number of para-hydroxylation sites is 1. The van der Waals surface area contributed by atoms with Crippen molar-refractivity contribution in [3.05, 3.63) is 83.0 Å². The number of nitrogens with one attached hydrogen (secondary N) is 2. The van der Waals surface area contributed by atoms with Crippen molar-refractivity contribution in [3.8, 4) is 11.5 Å². The van der Waals surface area contributed by atoms with Crippen molar-refractivity contribution in [3.63, 3.8) is 0 Å². The van der Waals surface area contributed by atoms with E-state index >= 15 is 0 Å². The molecule has 2 amide bonds. The summed E-state index contributed by atoms with van der Waals surface area (Å²) in [5.74, 6) is 0.597. The molecule has 47 heavy (non-hydrogen) atoms. The molecule has 1 aliphatic heterocycles.